The van der Waals surface area contributed by atoms with Gasteiger partial charge in [0.05, 0.1) is 6.04 Å². The third-order valence-corrected chi connectivity index (χ3v) is 5.01. The van der Waals surface area contributed by atoms with Crippen LogP contribution in [0.1, 0.15) is 58.9 Å². The van der Waals surface area contributed by atoms with E-state index in [1.54, 1.807) is 0 Å². The summed E-state index contributed by atoms with van der Waals surface area (Å²) in [6, 6.07) is 0.569. The van der Waals surface area contributed by atoms with Crippen LogP contribution in [0.5, 0.6) is 0 Å². The zero-order valence-corrected chi connectivity index (χ0v) is 14.3. The minimum atomic E-state index is 0.0600. The quantitative estimate of drug-likeness (QED) is 0.880. The molecule has 1 saturated carbocycles. The largest absolute Gasteiger partial charge is 0.337 e. The molecule has 0 radical (unpaired) electrons. The van der Waals surface area contributed by atoms with Crippen molar-refractivity contribution in [1.29, 1.82) is 0 Å². The van der Waals surface area contributed by atoms with Crippen LogP contribution >= 0.6 is 0 Å². The van der Waals surface area contributed by atoms with Crippen LogP contribution in [-0.4, -0.2) is 31.4 Å². The van der Waals surface area contributed by atoms with Crippen molar-refractivity contribution in [3.8, 4) is 11.6 Å². The summed E-state index contributed by atoms with van der Waals surface area (Å²) in [4.78, 5) is 8.57. The summed E-state index contributed by atoms with van der Waals surface area (Å²) < 4.78 is 5.49. The lowest BCUT2D eigenvalue weighted by Crippen LogP contribution is -2.40. The molecule has 0 aliphatic heterocycles. The average Bonchev–Trinajstić information content (AvgIpc) is 3.18. The van der Waals surface area contributed by atoms with Crippen molar-refractivity contribution in [2.24, 2.45) is 17.8 Å². The van der Waals surface area contributed by atoms with E-state index >= 15 is 0 Å². The Bertz CT molecular complexity index is 608. The highest BCUT2D eigenvalue weighted by molar-refractivity contribution is 5.39. The van der Waals surface area contributed by atoms with Crippen molar-refractivity contribution in [2.45, 2.75) is 59.0 Å². The standard InChI is InChI=1S/C16H26N6O/c1-9(2)13(19-12-6-5-10(3)11(4)7-12)16-20-15(22-23-16)14-17-8-18-21-14/h8-13,19H,5-7H2,1-4H3,(H,17,18,21)/t10-,11-,12-,13+/m1/s1. The number of H-pyrrole nitrogens is 1. The summed E-state index contributed by atoms with van der Waals surface area (Å²) in [6.45, 7) is 9.04. The molecule has 1 aliphatic carbocycles. The van der Waals surface area contributed by atoms with E-state index in [-0.39, 0.29) is 6.04 Å². The fourth-order valence-corrected chi connectivity index (χ4v) is 3.27. The Morgan fingerprint density at radius 2 is 2.09 bits per heavy atom. The minimum Gasteiger partial charge on any atom is -0.337 e. The summed E-state index contributed by atoms with van der Waals surface area (Å²) in [5.74, 6) is 3.54. The molecular weight excluding hydrogens is 292 g/mol. The molecule has 0 unspecified atom stereocenters. The highest BCUT2D eigenvalue weighted by Crippen LogP contribution is 2.32. The molecule has 3 rings (SSSR count). The lowest BCUT2D eigenvalue weighted by Gasteiger charge is -2.35. The summed E-state index contributed by atoms with van der Waals surface area (Å²) in [5.41, 5.74) is 0. The van der Waals surface area contributed by atoms with Gasteiger partial charge in [-0.15, -0.1) is 0 Å². The Morgan fingerprint density at radius 3 is 2.74 bits per heavy atom. The van der Waals surface area contributed by atoms with Crippen molar-refractivity contribution in [1.82, 2.24) is 30.6 Å². The van der Waals surface area contributed by atoms with Crippen LogP contribution in [0.2, 0.25) is 0 Å². The van der Waals surface area contributed by atoms with E-state index < -0.39 is 0 Å². The zero-order valence-electron chi connectivity index (χ0n) is 14.3. The van der Waals surface area contributed by atoms with Crippen LogP contribution in [0.25, 0.3) is 11.6 Å². The van der Waals surface area contributed by atoms with Crippen LogP contribution in [0, 0.1) is 17.8 Å². The van der Waals surface area contributed by atoms with E-state index in [1.807, 2.05) is 0 Å². The van der Waals surface area contributed by atoms with Crippen molar-refractivity contribution < 1.29 is 4.52 Å². The van der Waals surface area contributed by atoms with E-state index in [2.05, 4.69) is 58.3 Å². The topological polar surface area (TPSA) is 92.5 Å². The Morgan fingerprint density at radius 1 is 1.26 bits per heavy atom. The normalized spacial score (nSPS) is 26.6. The number of nitrogens with one attached hydrogen (secondary N) is 2. The van der Waals surface area contributed by atoms with Crippen LogP contribution in [0.3, 0.4) is 0 Å². The van der Waals surface area contributed by atoms with E-state index in [0.29, 0.717) is 29.5 Å². The Balaban J connectivity index is 1.72. The third kappa shape index (κ3) is 3.60. The maximum Gasteiger partial charge on any atom is 0.244 e. The molecule has 7 nitrogen and oxygen atoms in total. The number of rotatable bonds is 5. The molecule has 0 aromatic carbocycles. The first-order valence-electron chi connectivity index (χ1n) is 8.50. The number of hydrogen-bond donors (Lipinski definition) is 2. The van der Waals surface area contributed by atoms with Gasteiger partial charge < -0.3 is 9.84 Å². The summed E-state index contributed by atoms with van der Waals surface area (Å²) in [6.07, 6.45) is 5.12. The predicted octanol–water partition coefficient (Wildman–Crippen LogP) is 2.97. The molecule has 2 aromatic rings. The van der Waals surface area contributed by atoms with E-state index in [4.69, 9.17) is 4.52 Å². The third-order valence-electron chi connectivity index (χ3n) is 5.01. The highest BCUT2D eigenvalue weighted by Gasteiger charge is 2.30. The fraction of sp³-hybridized carbons (Fsp3) is 0.750. The SMILES string of the molecule is CC(C)[C@H](N[C@@H]1CC[C@@H](C)[C@H](C)C1)c1nc(-c2ncn[nH]2)no1. The second-order valence-electron chi connectivity index (χ2n) is 7.14. The Kier molecular flexibility index (Phi) is 4.75. The minimum absolute atomic E-state index is 0.0600. The molecule has 1 aliphatic rings. The maximum atomic E-state index is 5.49. The fourth-order valence-electron chi connectivity index (χ4n) is 3.27. The van der Waals surface area contributed by atoms with E-state index in [9.17, 15) is 0 Å². The highest BCUT2D eigenvalue weighted by atomic mass is 16.5. The first kappa shape index (κ1) is 16.1. The Labute approximate surface area is 136 Å². The molecule has 2 N–H and O–H groups in total. The molecule has 23 heavy (non-hydrogen) atoms. The van der Waals surface area contributed by atoms with Crippen LogP contribution in [-0.2, 0) is 0 Å². The van der Waals surface area contributed by atoms with Gasteiger partial charge in [-0.25, -0.2) is 4.98 Å². The van der Waals surface area contributed by atoms with Gasteiger partial charge in [0, 0.05) is 6.04 Å². The number of aromatic amines is 1. The molecule has 0 saturated heterocycles. The van der Waals surface area contributed by atoms with Gasteiger partial charge in [0.25, 0.3) is 0 Å². The first-order valence-corrected chi connectivity index (χ1v) is 8.50. The van der Waals surface area contributed by atoms with Gasteiger partial charge in [-0.3, -0.25) is 5.10 Å². The van der Waals surface area contributed by atoms with Gasteiger partial charge in [0.15, 0.2) is 5.82 Å². The van der Waals surface area contributed by atoms with Gasteiger partial charge in [0.2, 0.25) is 11.7 Å². The number of aromatic nitrogens is 5. The summed E-state index contributed by atoms with van der Waals surface area (Å²) in [5, 5.41) is 14.3. The second-order valence-corrected chi connectivity index (χ2v) is 7.14. The molecule has 7 heteroatoms. The predicted molar refractivity (Wildman–Crippen MR) is 86.4 cm³/mol. The molecule has 0 amide bonds. The van der Waals surface area contributed by atoms with Crippen molar-refractivity contribution in [3.63, 3.8) is 0 Å². The second kappa shape index (κ2) is 6.78. The monoisotopic (exact) mass is 318 g/mol. The van der Waals surface area contributed by atoms with Crippen molar-refractivity contribution in [3.05, 3.63) is 12.2 Å². The van der Waals surface area contributed by atoms with Gasteiger partial charge in [-0.2, -0.15) is 10.1 Å². The molecule has 1 fully saturated rings. The van der Waals surface area contributed by atoms with Crippen LogP contribution < -0.4 is 5.32 Å². The smallest absolute Gasteiger partial charge is 0.244 e. The maximum absolute atomic E-state index is 5.49. The summed E-state index contributed by atoms with van der Waals surface area (Å²) >= 11 is 0. The molecule has 4 atom stereocenters. The van der Waals surface area contributed by atoms with Crippen LogP contribution in [0.15, 0.2) is 10.9 Å². The summed E-state index contributed by atoms with van der Waals surface area (Å²) in [7, 11) is 0. The molecule has 126 valence electrons. The van der Waals surface area contributed by atoms with Crippen molar-refractivity contribution in [2.75, 3.05) is 0 Å². The average molecular weight is 318 g/mol. The molecule has 2 heterocycles. The first-order chi connectivity index (χ1) is 11.0. The molecular formula is C16H26N6O. The van der Waals surface area contributed by atoms with Gasteiger partial charge >= 0.3 is 0 Å². The van der Waals surface area contributed by atoms with Gasteiger partial charge in [-0.1, -0.05) is 32.9 Å². The lowest BCUT2D eigenvalue weighted by molar-refractivity contribution is 0.189. The van der Waals surface area contributed by atoms with Crippen molar-refractivity contribution >= 4 is 0 Å². The van der Waals surface area contributed by atoms with E-state index in [0.717, 1.165) is 11.8 Å². The van der Waals surface area contributed by atoms with E-state index in [1.165, 1.54) is 25.6 Å². The van der Waals surface area contributed by atoms with Crippen LogP contribution in [0.4, 0.5) is 0 Å². The lowest BCUT2D eigenvalue weighted by atomic mass is 9.78. The Hall–Kier alpha value is -1.76. The number of hydrogen-bond acceptors (Lipinski definition) is 6. The van der Waals surface area contributed by atoms with Gasteiger partial charge in [0.1, 0.15) is 6.33 Å². The molecule has 0 spiro atoms. The zero-order chi connectivity index (χ0) is 16.4. The molecule has 2 aromatic heterocycles. The molecule has 0 bridgehead atoms. The van der Waals surface area contributed by atoms with Gasteiger partial charge in [-0.05, 0) is 37.0 Å². The number of nitrogens with zero attached hydrogens (tertiary/aromatic N) is 4.